The van der Waals surface area contributed by atoms with Crippen LogP contribution in [0, 0.1) is 0 Å². The third-order valence-corrected chi connectivity index (χ3v) is 5.03. The molecule has 2 heterocycles. The molecule has 3 rings (SSSR count). The van der Waals surface area contributed by atoms with Crippen molar-refractivity contribution >= 4 is 31.9 Å². The Labute approximate surface area is 129 Å². The van der Waals surface area contributed by atoms with Crippen molar-refractivity contribution < 1.29 is 12.8 Å². The van der Waals surface area contributed by atoms with Gasteiger partial charge in [0, 0.05) is 12.1 Å². The van der Waals surface area contributed by atoms with Crippen LogP contribution in [0.3, 0.4) is 0 Å². The number of halogens is 1. The molecule has 0 saturated heterocycles. The Hall–Kier alpha value is -1.52. The van der Waals surface area contributed by atoms with Crippen LogP contribution in [-0.2, 0) is 16.6 Å². The average Bonchev–Trinajstić information content (AvgIpc) is 3.19. The number of hydrogen-bond donors (Lipinski definition) is 2. The van der Waals surface area contributed by atoms with E-state index in [1.165, 1.54) is 18.5 Å². The van der Waals surface area contributed by atoms with Gasteiger partial charge >= 0.3 is 0 Å². The number of hydrogen-bond acceptors (Lipinski definition) is 7. The van der Waals surface area contributed by atoms with E-state index >= 15 is 0 Å². The van der Waals surface area contributed by atoms with Crippen LogP contribution in [0.25, 0.3) is 0 Å². The second kappa shape index (κ2) is 5.70. The second-order valence-electron chi connectivity index (χ2n) is 4.58. The molecule has 0 spiro atoms. The predicted molar refractivity (Wildman–Crippen MR) is 76.9 cm³/mol. The van der Waals surface area contributed by atoms with Crippen molar-refractivity contribution in [3.8, 4) is 0 Å². The fourth-order valence-electron chi connectivity index (χ4n) is 1.67. The van der Waals surface area contributed by atoms with Crippen LogP contribution >= 0.6 is 15.9 Å². The zero-order chi connectivity index (χ0) is 14.9. The van der Waals surface area contributed by atoms with Crippen molar-refractivity contribution in [2.24, 2.45) is 0 Å². The Balaban J connectivity index is 1.77. The summed E-state index contributed by atoms with van der Waals surface area (Å²) in [6.07, 6.45) is 4.99. The molecule has 21 heavy (non-hydrogen) atoms. The van der Waals surface area contributed by atoms with Crippen molar-refractivity contribution in [3.63, 3.8) is 0 Å². The minimum Gasteiger partial charge on any atom is -0.451 e. The van der Waals surface area contributed by atoms with Crippen LogP contribution in [0.15, 0.2) is 32.4 Å². The molecular formula is C11H12BrN5O3S. The van der Waals surface area contributed by atoms with Crippen molar-refractivity contribution in [2.75, 3.05) is 4.72 Å². The molecule has 0 amide bonds. The van der Waals surface area contributed by atoms with E-state index in [2.05, 4.69) is 41.2 Å². The smallest absolute Gasteiger partial charge is 0.268 e. The number of aromatic nitrogens is 3. The highest BCUT2D eigenvalue weighted by molar-refractivity contribution is 9.10. The van der Waals surface area contributed by atoms with E-state index in [0.29, 0.717) is 18.3 Å². The summed E-state index contributed by atoms with van der Waals surface area (Å²) >= 11 is 3.12. The summed E-state index contributed by atoms with van der Waals surface area (Å²) in [6, 6.07) is 1.98. The lowest BCUT2D eigenvalue weighted by molar-refractivity contribution is 0.460. The lowest BCUT2D eigenvalue weighted by Crippen LogP contribution is -2.16. The number of furan rings is 1. The van der Waals surface area contributed by atoms with E-state index in [-0.39, 0.29) is 15.5 Å². The van der Waals surface area contributed by atoms with Gasteiger partial charge in [-0.3, -0.25) is 0 Å². The predicted octanol–water partition coefficient (Wildman–Crippen LogP) is 1.28. The Morgan fingerprint density at radius 3 is 2.86 bits per heavy atom. The number of sulfonamides is 1. The minimum absolute atomic E-state index is 0.00236. The number of nitrogens with zero attached hydrogens (tertiary/aromatic N) is 3. The monoisotopic (exact) mass is 373 g/mol. The van der Waals surface area contributed by atoms with Crippen molar-refractivity contribution in [1.82, 2.24) is 20.5 Å². The van der Waals surface area contributed by atoms with Gasteiger partial charge in [-0.05, 0) is 28.8 Å². The van der Waals surface area contributed by atoms with Gasteiger partial charge in [0.25, 0.3) is 16.0 Å². The fourth-order valence-corrected chi connectivity index (χ4v) is 3.62. The average molecular weight is 374 g/mol. The SMILES string of the molecule is O=S(=O)(Nc1nccnn1)c1cc(CNC2CC2)oc1Br. The highest BCUT2D eigenvalue weighted by Crippen LogP contribution is 2.28. The molecule has 1 aliphatic rings. The van der Waals surface area contributed by atoms with Gasteiger partial charge in [0.2, 0.25) is 0 Å². The number of anilines is 1. The second-order valence-corrected chi connectivity index (χ2v) is 6.95. The zero-order valence-electron chi connectivity index (χ0n) is 10.8. The van der Waals surface area contributed by atoms with Gasteiger partial charge in [-0.15, -0.1) is 5.10 Å². The maximum Gasteiger partial charge on any atom is 0.268 e. The quantitative estimate of drug-likeness (QED) is 0.784. The zero-order valence-corrected chi connectivity index (χ0v) is 13.2. The fraction of sp³-hybridized carbons (Fsp3) is 0.364. The van der Waals surface area contributed by atoms with E-state index in [1.807, 2.05) is 0 Å². The van der Waals surface area contributed by atoms with Crippen LogP contribution in [0.1, 0.15) is 18.6 Å². The molecule has 1 saturated carbocycles. The highest BCUT2D eigenvalue weighted by atomic mass is 79.9. The maximum absolute atomic E-state index is 12.3. The van der Waals surface area contributed by atoms with E-state index in [0.717, 1.165) is 12.8 Å². The molecule has 10 heteroatoms. The summed E-state index contributed by atoms with van der Waals surface area (Å²) < 4.78 is 32.3. The van der Waals surface area contributed by atoms with Crippen molar-refractivity contribution in [3.05, 3.63) is 28.9 Å². The van der Waals surface area contributed by atoms with Crippen LogP contribution < -0.4 is 10.0 Å². The van der Waals surface area contributed by atoms with E-state index in [1.54, 1.807) is 0 Å². The molecule has 0 aliphatic heterocycles. The molecule has 112 valence electrons. The lowest BCUT2D eigenvalue weighted by atomic mass is 10.4. The molecule has 2 aromatic rings. The van der Waals surface area contributed by atoms with Gasteiger partial charge in [0.1, 0.15) is 10.7 Å². The molecule has 8 nitrogen and oxygen atoms in total. The summed E-state index contributed by atoms with van der Waals surface area (Å²) in [5, 5.41) is 10.4. The van der Waals surface area contributed by atoms with Crippen LogP contribution in [0.2, 0.25) is 0 Å². The molecule has 0 aromatic carbocycles. The first kappa shape index (κ1) is 14.4. The van der Waals surface area contributed by atoms with Gasteiger partial charge < -0.3 is 9.73 Å². The third kappa shape index (κ3) is 3.57. The third-order valence-electron chi connectivity index (χ3n) is 2.85. The largest absolute Gasteiger partial charge is 0.451 e. The normalized spacial score (nSPS) is 15.1. The molecular weight excluding hydrogens is 362 g/mol. The van der Waals surface area contributed by atoms with Crippen molar-refractivity contribution in [2.45, 2.75) is 30.3 Å². The molecule has 0 radical (unpaired) electrons. The Morgan fingerprint density at radius 2 is 2.19 bits per heavy atom. The van der Waals surface area contributed by atoms with E-state index in [4.69, 9.17) is 4.42 Å². The Kier molecular flexibility index (Phi) is 3.91. The summed E-state index contributed by atoms with van der Waals surface area (Å²) in [7, 11) is -3.83. The van der Waals surface area contributed by atoms with Crippen molar-refractivity contribution in [1.29, 1.82) is 0 Å². The number of nitrogens with one attached hydrogen (secondary N) is 2. The molecule has 1 fully saturated rings. The molecule has 0 bridgehead atoms. The first-order valence-electron chi connectivity index (χ1n) is 6.23. The van der Waals surface area contributed by atoms with E-state index < -0.39 is 10.0 Å². The Bertz CT molecular complexity index is 730. The molecule has 2 aromatic heterocycles. The lowest BCUT2D eigenvalue weighted by Gasteiger charge is -2.03. The summed E-state index contributed by atoms with van der Waals surface area (Å²) in [5.74, 6) is 0.449. The maximum atomic E-state index is 12.3. The first-order valence-corrected chi connectivity index (χ1v) is 8.50. The minimum atomic E-state index is -3.83. The summed E-state index contributed by atoms with van der Waals surface area (Å²) in [5.41, 5.74) is 0. The van der Waals surface area contributed by atoms with Gasteiger partial charge in [0.15, 0.2) is 4.67 Å². The van der Waals surface area contributed by atoms with Gasteiger partial charge in [-0.1, -0.05) is 0 Å². The Morgan fingerprint density at radius 1 is 1.38 bits per heavy atom. The van der Waals surface area contributed by atoms with E-state index in [9.17, 15) is 8.42 Å². The summed E-state index contributed by atoms with van der Waals surface area (Å²) in [6.45, 7) is 0.488. The first-order chi connectivity index (χ1) is 10.0. The highest BCUT2D eigenvalue weighted by Gasteiger charge is 2.25. The van der Waals surface area contributed by atoms with Gasteiger partial charge in [-0.25, -0.2) is 18.1 Å². The molecule has 0 unspecified atom stereocenters. The summed E-state index contributed by atoms with van der Waals surface area (Å²) in [4.78, 5) is 3.77. The topological polar surface area (TPSA) is 110 Å². The molecule has 2 N–H and O–H groups in total. The van der Waals surface area contributed by atoms with Crippen LogP contribution in [0.4, 0.5) is 5.95 Å². The van der Waals surface area contributed by atoms with Crippen LogP contribution in [0.5, 0.6) is 0 Å². The van der Waals surface area contributed by atoms with Gasteiger partial charge in [-0.2, -0.15) is 5.10 Å². The van der Waals surface area contributed by atoms with Crippen LogP contribution in [-0.4, -0.2) is 29.6 Å². The number of rotatable bonds is 6. The van der Waals surface area contributed by atoms with Gasteiger partial charge in [0.05, 0.1) is 18.9 Å². The molecule has 0 atom stereocenters. The standard InChI is InChI=1S/C11H12BrN5O3S/c12-10-9(5-8(20-10)6-14-7-1-2-7)21(18,19)17-11-13-3-4-15-16-11/h3-5,7,14H,1-2,6H2,(H,13,16,17). The molecule has 1 aliphatic carbocycles.